The first kappa shape index (κ1) is 11.2. The summed E-state index contributed by atoms with van der Waals surface area (Å²) in [6, 6.07) is 0. The Bertz CT molecular complexity index is 275. The SMILES string of the molecule is C=C1C(C)CCCC1(C)C(=O)/C=C/C. The zero-order valence-electron chi connectivity index (χ0n) is 9.47. The third-order valence-electron chi connectivity index (χ3n) is 3.48. The third kappa shape index (κ3) is 1.82. The average molecular weight is 192 g/mol. The Morgan fingerprint density at radius 1 is 1.64 bits per heavy atom. The normalized spacial score (nSPS) is 33.6. The molecule has 78 valence electrons. The van der Waals surface area contributed by atoms with Crippen LogP contribution >= 0.6 is 0 Å². The summed E-state index contributed by atoms with van der Waals surface area (Å²) in [5.41, 5.74) is 0.816. The van der Waals surface area contributed by atoms with E-state index in [-0.39, 0.29) is 11.2 Å². The van der Waals surface area contributed by atoms with E-state index in [1.807, 2.05) is 19.9 Å². The van der Waals surface area contributed by atoms with Crippen molar-refractivity contribution in [1.82, 2.24) is 0 Å². The summed E-state index contributed by atoms with van der Waals surface area (Å²) in [5.74, 6) is 0.708. The van der Waals surface area contributed by atoms with Crippen LogP contribution < -0.4 is 0 Å². The van der Waals surface area contributed by atoms with Gasteiger partial charge in [-0.25, -0.2) is 0 Å². The van der Waals surface area contributed by atoms with Crippen LogP contribution in [-0.4, -0.2) is 5.78 Å². The fourth-order valence-corrected chi connectivity index (χ4v) is 2.26. The zero-order valence-corrected chi connectivity index (χ0v) is 9.47. The molecule has 1 saturated carbocycles. The lowest BCUT2D eigenvalue weighted by molar-refractivity contribution is -0.122. The van der Waals surface area contributed by atoms with Gasteiger partial charge in [-0.05, 0) is 38.7 Å². The van der Waals surface area contributed by atoms with Crippen molar-refractivity contribution in [2.45, 2.75) is 40.0 Å². The monoisotopic (exact) mass is 192 g/mol. The molecule has 1 aliphatic rings. The number of hydrogen-bond acceptors (Lipinski definition) is 1. The first-order chi connectivity index (χ1) is 6.52. The fraction of sp³-hybridized carbons (Fsp3) is 0.615. The Morgan fingerprint density at radius 2 is 2.29 bits per heavy atom. The molecule has 0 heterocycles. The van der Waals surface area contributed by atoms with Crippen molar-refractivity contribution in [3.63, 3.8) is 0 Å². The van der Waals surface area contributed by atoms with Crippen LogP contribution in [0, 0.1) is 11.3 Å². The topological polar surface area (TPSA) is 17.1 Å². The van der Waals surface area contributed by atoms with E-state index in [1.165, 1.54) is 6.42 Å². The summed E-state index contributed by atoms with van der Waals surface area (Å²) in [7, 11) is 0. The number of carbonyl (C=O) groups excluding carboxylic acids is 1. The molecule has 1 fully saturated rings. The molecule has 1 nitrogen and oxygen atoms in total. The van der Waals surface area contributed by atoms with Gasteiger partial charge in [0.2, 0.25) is 0 Å². The van der Waals surface area contributed by atoms with Crippen LogP contribution in [0.2, 0.25) is 0 Å². The van der Waals surface area contributed by atoms with Crippen molar-refractivity contribution in [3.05, 3.63) is 24.3 Å². The molecule has 0 amide bonds. The van der Waals surface area contributed by atoms with Crippen molar-refractivity contribution in [2.24, 2.45) is 11.3 Å². The third-order valence-corrected chi connectivity index (χ3v) is 3.48. The Hall–Kier alpha value is -0.850. The molecule has 0 spiro atoms. The highest BCUT2D eigenvalue weighted by atomic mass is 16.1. The smallest absolute Gasteiger partial charge is 0.165 e. The van der Waals surface area contributed by atoms with Crippen LogP contribution in [0.3, 0.4) is 0 Å². The molecule has 1 rings (SSSR count). The van der Waals surface area contributed by atoms with Crippen LogP contribution in [0.4, 0.5) is 0 Å². The van der Waals surface area contributed by atoms with Crippen LogP contribution in [0.1, 0.15) is 40.0 Å². The molecule has 2 unspecified atom stereocenters. The molecular formula is C13H20O. The van der Waals surface area contributed by atoms with Crippen molar-refractivity contribution in [2.75, 3.05) is 0 Å². The van der Waals surface area contributed by atoms with Crippen LogP contribution in [0.5, 0.6) is 0 Å². The van der Waals surface area contributed by atoms with Gasteiger partial charge in [-0.1, -0.05) is 31.6 Å². The Labute approximate surface area is 86.9 Å². The zero-order chi connectivity index (χ0) is 10.8. The van der Waals surface area contributed by atoms with E-state index in [0.717, 1.165) is 18.4 Å². The molecule has 14 heavy (non-hydrogen) atoms. The van der Waals surface area contributed by atoms with Crippen molar-refractivity contribution >= 4 is 5.78 Å². The predicted molar refractivity (Wildman–Crippen MR) is 60.1 cm³/mol. The molecule has 0 N–H and O–H groups in total. The van der Waals surface area contributed by atoms with Gasteiger partial charge in [0.25, 0.3) is 0 Å². The second kappa shape index (κ2) is 4.12. The highest BCUT2D eigenvalue weighted by Crippen LogP contribution is 2.43. The molecule has 0 aromatic heterocycles. The van der Waals surface area contributed by atoms with E-state index in [2.05, 4.69) is 13.5 Å². The number of rotatable bonds is 2. The summed E-state index contributed by atoms with van der Waals surface area (Å²) >= 11 is 0. The minimum Gasteiger partial charge on any atom is -0.294 e. The molecule has 0 radical (unpaired) electrons. The summed E-state index contributed by atoms with van der Waals surface area (Å²) in [5, 5.41) is 0. The van der Waals surface area contributed by atoms with Gasteiger partial charge < -0.3 is 0 Å². The largest absolute Gasteiger partial charge is 0.294 e. The maximum absolute atomic E-state index is 11.9. The maximum Gasteiger partial charge on any atom is 0.165 e. The van der Waals surface area contributed by atoms with E-state index in [4.69, 9.17) is 0 Å². The summed E-state index contributed by atoms with van der Waals surface area (Å²) in [6.07, 6.45) is 6.78. The summed E-state index contributed by atoms with van der Waals surface area (Å²) in [4.78, 5) is 11.9. The van der Waals surface area contributed by atoms with Crippen LogP contribution in [-0.2, 0) is 4.79 Å². The van der Waals surface area contributed by atoms with E-state index in [1.54, 1.807) is 6.08 Å². The Morgan fingerprint density at radius 3 is 2.86 bits per heavy atom. The molecule has 0 bridgehead atoms. The number of ketones is 1. The second-order valence-electron chi connectivity index (χ2n) is 4.51. The van der Waals surface area contributed by atoms with Gasteiger partial charge in [-0.2, -0.15) is 0 Å². The van der Waals surface area contributed by atoms with Gasteiger partial charge in [0, 0.05) is 0 Å². The molecule has 0 saturated heterocycles. The Kier molecular flexibility index (Phi) is 3.30. The number of hydrogen-bond donors (Lipinski definition) is 0. The standard InChI is InChI=1S/C13H20O/c1-5-7-12(14)13(4)9-6-8-10(2)11(13)3/h5,7,10H,3,6,8-9H2,1-2,4H3/b7-5+. The highest BCUT2D eigenvalue weighted by molar-refractivity contribution is 5.96. The first-order valence-corrected chi connectivity index (χ1v) is 5.38. The van der Waals surface area contributed by atoms with Gasteiger partial charge in [0.1, 0.15) is 0 Å². The minimum absolute atomic E-state index is 0.219. The van der Waals surface area contributed by atoms with Gasteiger partial charge in [-0.15, -0.1) is 0 Å². The quantitative estimate of drug-likeness (QED) is 0.483. The fourth-order valence-electron chi connectivity index (χ4n) is 2.26. The lowest BCUT2D eigenvalue weighted by atomic mass is 9.65. The van der Waals surface area contributed by atoms with Gasteiger partial charge in [-0.3, -0.25) is 4.79 Å². The molecule has 1 aliphatic carbocycles. The van der Waals surface area contributed by atoms with Gasteiger partial charge >= 0.3 is 0 Å². The lowest BCUT2D eigenvalue weighted by Crippen LogP contribution is -2.34. The van der Waals surface area contributed by atoms with Gasteiger partial charge in [0.15, 0.2) is 5.78 Å². The summed E-state index contributed by atoms with van der Waals surface area (Å²) < 4.78 is 0. The van der Waals surface area contributed by atoms with E-state index >= 15 is 0 Å². The lowest BCUT2D eigenvalue weighted by Gasteiger charge is -2.37. The number of allylic oxidation sites excluding steroid dienone is 3. The first-order valence-electron chi connectivity index (χ1n) is 5.38. The van der Waals surface area contributed by atoms with Crippen LogP contribution in [0.15, 0.2) is 24.3 Å². The second-order valence-corrected chi connectivity index (χ2v) is 4.51. The molecular weight excluding hydrogens is 172 g/mol. The average Bonchev–Trinajstić information content (AvgIpc) is 2.14. The number of carbonyl (C=O) groups is 1. The molecule has 0 aromatic carbocycles. The van der Waals surface area contributed by atoms with Crippen molar-refractivity contribution < 1.29 is 4.79 Å². The van der Waals surface area contributed by atoms with Crippen molar-refractivity contribution in [3.8, 4) is 0 Å². The Balaban J connectivity index is 2.91. The van der Waals surface area contributed by atoms with Crippen LogP contribution in [0.25, 0.3) is 0 Å². The maximum atomic E-state index is 11.9. The highest BCUT2D eigenvalue weighted by Gasteiger charge is 2.38. The van der Waals surface area contributed by atoms with Crippen molar-refractivity contribution in [1.29, 1.82) is 0 Å². The molecule has 2 atom stereocenters. The van der Waals surface area contributed by atoms with Gasteiger partial charge in [0.05, 0.1) is 5.41 Å². The summed E-state index contributed by atoms with van der Waals surface area (Å²) in [6.45, 7) is 10.2. The predicted octanol–water partition coefficient (Wildman–Crippen LogP) is 3.51. The van der Waals surface area contributed by atoms with E-state index in [0.29, 0.717) is 5.92 Å². The van der Waals surface area contributed by atoms with E-state index < -0.39 is 0 Å². The van der Waals surface area contributed by atoms with E-state index in [9.17, 15) is 4.79 Å². The minimum atomic E-state index is -0.301. The molecule has 0 aromatic rings. The molecule has 0 aliphatic heterocycles. The molecule has 1 heteroatoms.